The zero-order valence-electron chi connectivity index (χ0n) is 5.44. The van der Waals surface area contributed by atoms with E-state index in [2.05, 4.69) is 10.5 Å². The van der Waals surface area contributed by atoms with Crippen molar-refractivity contribution in [1.82, 2.24) is 5.32 Å². The van der Waals surface area contributed by atoms with Gasteiger partial charge in [0.1, 0.15) is 5.70 Å². The topological polar surface area (TPSA) is 81.9 Å². The maximum atomic E-state index is 10.3. The second-order valence-corrected chi connectivity index (χ2v) is 2.68. The van der Waals surface area contributed by atoms with E-state index in [4.69, 9.17) is 10.3 Å². The number of aliphatic carboxylic acids is 1. The largest absolute Gasteiger partial charge is 0.477 e. The van der Waals surface area contributed by atoms with E-state index in [9.17, 15) is 4.79 Å². The van der Waals surface area contributed by atoms with Crippen molar-refractivity contribution in [3.8, 4) is 0 Å². The number of hydrogen-bond acceptors (Lipinski definition) is 4. The highest BCUT2D eigenvalue weighted by Gasteiger charge is 2.14. The molecule has 0 saturated carbocycles. The normalized spacial score (nSPS) is 20.7. The highest BCUT2D eigenvalue weighted by atomic mass is 32.2. The fourth-order valence-electron chi connectivity index (χ4n) is 0.583. The molecule has 0 aromatic rings. The molecule has 1 rings (SSSR count). The highest BCUT2D eigenvalue weighted by molar-refractivity contribution is 8.02. The van der Waals surface area contributed by atoms with E-state index in [-0.39, 0.29) is 11.5 Å². The first-order valence-corrected chi connectivity index (χ1v) is 3.82. The Kier molecular flexibility index (Phi) is 2.37. The number of amidine groups is 1. The molecule has 0 aliphatic carbocycles. The molecular formula is C5H6N2O3S. The van der Waals surface area contributed by atoms with E-state index in [1.165, 1.54) is 17.2 Å². The van der Waals surface area contributed by atoms with Crippen LogP contribution in [0.5, 0.6) is 0 Å². The lowest BCUT2D eigenvalue weighted by Gasteiger charge is -2.11. The van der Waals surface area contributed by atoms with Crippen molar-refractivity contribution in [2.45, 2.75) is 0 Å². The van der Waals surface area contributed by atoms with Crippen molar-refractivity contribution < 1.29 is 15.1 Å². The zero-order valence-corrected chi connectivity index (χ0v) is 6.26. The predicted molar refractivity (Wildman–Crippen MR) is 40.5 cm³/mol. The molecule has 0 atom stereocenters. The minimum absolute atomic E-state index is 0.0362. The lowest BCUT2D eigenvalue weighted by atomic mass is 10.4. The molecule has 11 heavy (non-hydrogen) atoms. The monoisotopic (exact) mass is 174 g/mol. The third kappa shape index (κ3) is 1.87. The van der Waals surface area contributed by atoms with Gasteiger partial charge in [0.05, 0.1) is 5.75 Å². The predicted octanol–water partition coefficient (Wildman–Crippen LogP) is 0.0365. The summed E-state index contributed by atoms with van der Waals surface area (Å²) in [5, 5.41) is 23.5. The summed E-state index contributed by atoms with van der Waals surface area (Å²) in [6, 6.07) is 0. The van der Waals surface area contributed by atoms with Gasteiger partial charge in [-0.25, -0.2) is 4.79 Å². The molecule has 1 heterocycles. The third-order valence-electron chi connectivity index (χ3n) is 1.05. The number of rotatable bonds is 1. The minimum Gasteiger partial charge on any atom is -0.477 e. The van der Waals surface area contributed by atoms with E-state index < -0.39 is 5.97 Å². The van der Waals surface area contributed by atoms with Crippen molar-refractivity contribution in [3.05, 3.63) is 11.1 Å². The number of oxime groups is 1. The van der Waals surface area contributed by atoms with E-state index in [0.29, 0.717) is 5.75 Å². The minimum atomic E-state index is -1.06. The van der Waals surface area contributed by atoms with Crippen LogP contribution < -0.4 is 5.32 Å². The Labute approximate surface area is 66.8 Å². The van der Waals surface area contributed by atoms with Gasteiger partial charge in [0.2, 0.25) is 0 Å². The summed E-state index contributed by atoms with van der Waals surface area (Å²) in [5.74, 6) is -0.332. The van der Waals surface area contributed by atoms with Crippen LogP contribution in [0.2, 0.25) is 0 Å². The summed E-state index contributed by atoms with van der Waals surface area (Å²) in [5.41, 5.74) is 0.0362. The first-order valence-electron chi connectivity index (χ1n) is 2.77. The lowest BCUT2D eigenvalue weighted by molar-refractivity contribution is -0.132. The molecule has 0 spiro atoms. The first-order chi connectivity index (χ1) is 5.24. The average Bonchev–Trinajstić information content (AvgIpc) is 2.05. The Balaban J connectivity index is 2.71. The summed E-state index contributed by atoms with van der Waals surface area (Å²) in [6.07, 6.45) is 0. The Morgan fingerprint density at radius 1 is 1.82 bits per heavy atom. The quantitative estimate of drug-likeness (QED) is 0.386. The van der Waals surface area contributed by atoms with Crippen molar-refractivity contribution in [2.75, 3.05) is 5.75 Å². The average molecular weight is 174 g/mol. The molecule has 3 N–H and O–H groups in total. The number of hydrogen-bond donors (Lipinski definition) is 3. The van der Waals surface area contributed by atoms with Gasteiger partial charge in [0.15, 0.2) is 5.84 Å². The maximum absolute atomic E-state index is 10.3. The van der Waals surface area contributed by atoms with E-state index >= 15 is 0 Å². The van der Waals surface area contributed by atoms with Crippen LogP contribution in [0.4, 0.5) is 0 Å². The summed E-state index contributed by atoms with van der Waals surface area (Å²) in [4.78, 5) is 10.3. The standard InChI is InChI=1S/C5H6N2O3S/c8-5(9)3-1-11-2-4(6-3)7-10/h1,10H,2H2,(H,6,7)(H,8,9). The SMILES string of the molecule is O=C(O)C1=CSC/C(=N/O)N1. The lowest BCUT2D eigenvalue weighted by Crippen LogP contribution is -2.31. The van der Waals surface area contributed by atoms with Crippen molar-refractivity contribution >= 4 is 23.6 Å². The fourth-order valence-corrected chi connectivity index (χ4v) is 1.28. The van der Waals surface area contributed by atoms with E-state index in [1.54, 1.807) is 0 Å². The van der Waals surface area contributed by atoms with Crippen LogP contribution in [0, 0.1) is 0 Å². The Hall–Kier alpha value is -1.17. The van der Waals surface area contributed by atoms with Gasteiger partial charge in [-0.2, -0.15) is 0 Å². The van der Waals surface area contributed by atoms with Gasteiger partial charge in [0.25, 0.3) is 0 Å². The van der Waals surface area contributed by atoms with Crippen LogP contribution in [-0.2, 0) is 4.79 Å². The molecule has 0 fully saturated rings. The summed E-state index contributed by atoms with van der Waals surface area (Å²) in [7, 11) is 0. The second-order valence-electron chi connectivity index (χ2n) is 1.82. The first kappa shape index (κ1) is 7.93. The van der Waals surface area contributed by atoms with Gasteiger partial charge in [-0.15, -0.1) is 11.8 Å². The summed E-state index contributed by atoms with van der Waals surface area (Å²) < 4.78 is 0. The fraction of sp³-hybridized carbons (Fsp3) is 0.200. The number of nitrogens with zero attached hydrogens (tertiary/aromatic N) is 1. The van der Waals surface area contributed by atoms with Crippen molar-refractivity contribution in [2.24, 2.45) is 5.16 Å². The molecule has 0 unspecified atom stereocenters. The molecule has 5 nitrogen and oxygen atoms in total. The number of carboxylic acid groups (broad SMARTS) is 1. The number of nitrogens with one attached hydrogen (secondary N) is 1. The van der Waals surface area contributed by atoms with Crippen LogP contribution in [0.25, 0.3) is 0 Å². The Bertz CT molecular complexity index is 236. The third-order valence-corrected chi connectivity index (χ3v) is 1.89. The molecule has 0 saturated heterocycles. The highest BCUT2D eigenvalue weighted by Crippen LogP contribution is 2.11. The van der Waals surface area contributed by atoms with E-state index in [0.717, 1.165) is 0 Å². The van der Waals surface area contributed by atoms with Gasteiger partial charge >= 0.3 is 5.97 Å². The molecule has 6 heteroatoms. The maximum Gasteiger partial charge on any atom is 0.352 e. The van der Waals surface area contributed by atoms with Crippen molar-refractivity contribution in [1.29, 1.82) is 0 Å². The number of carbonyl (C=O) groups is 1. The summed E-state index contributed by atoms with van der Waals surface area (Å²) >= 11 is 1.27. The molecule has 0 amide bonds. The Morgan fingerprint density at radius 3 is 3.09 bits per heavy atom. The zero-order chi connectivity index (χ0) is 8.27. The van der Waals surface area contributed by atoms with Crippen LogP contribution in [-0.4, -0.2) is 27.9 Å². The smallest absolute Gasteiger partial charge is 0.352 e. The second kappa shape index (κ2) is 3.29. The molecule has 60 valence electrons. The van der Waals surface area contributed by atoms with Crippen LogP contribution in [0.1, 0.15) is 0 Å². The molecular weight excluding hydrogens is 168 g/mol. The number of carboxylic acids is 1. The molecule has 0 aromatic heterocycles. The van der Waals surface area contributed by atoms with Gasteiger partial charge < -0.3 is 15.6 Å². The van der Waals surface area contributed by atoms with Gasteiger partial charge in [0, 0.05) is 5.41 Å². The van der Waals surface area contributed by atoms with E-state index in [1.807, 2.05) is 0 Å². The van der Waals surface area contributed by atoms with Crippen molar-refractivity contribution in [3.63, 3.8) is 0 Å². The number of thioether (sulfide) groups is 1. The van der Waals surface area contributed by atoms with Crippen LogP contribution >= 0.6 is 11.8 Å². The van der Waals surface area contributed by atoms with Gasteiger partial charge in [-0.1, -0.05) is 5.16 Å². The van der Waals surface area contributed by atoms with Gasteiger partial charge in [-0.3, -0.25) is 0 Å². The molecule has 0 aromatic carbocycles. The Morgan fingerprint density at radius 2 is 2.55 bits per heavy atom. The van der Waals surface area contributed by atoms with Gasteiger partial charge in [-0.05, 0) is 0 Å². The van der Waals surface area contributed by atoms with Crippen LogP contribution in [0.15, 0.2) is 16.3 Å². The summed E-state index contributed by atoms with van der Waals surface area (Å²) in [6.45, 7) is 0. The van der Waals surface area contributed by atoms with Crippen LogP contribution in [0.3, 0.4) is 0 Å². The molecule has 1 aliphatic heterocycles. The molecule has 1 aliphatic rings. The molecule has 0 bridgehead atoms. The molecule has 0 radical (unpaired) electrons.